The first-order chi connectivity index (χ1) is 9.71. The summed E-state index contributed by atoms with van der Waals surface area (Å²) in [5.74, 6) is 0.913. The summed E-state index contributed by atoms with van der Waals surface area (Å²) in [6, 6.07) is 0.721. The second-order valence-corrected chi connectivity index (χ2v) is 7.55. The van der Waals surface area contributed by atoms with E-state index in [1.54, 1.807) is 0 Å². The van der Waals surface area contributed by atoms with E-state index in [0.29, 0.717) is 5.54 Å². The fourth-order valence-corrected chi connectivity index (χ4v) is 4.58. The molecular weight excluding hydrogens is 246 g/mol. The summed E-state index contributed by atoms with van der Waals surface area (Å²) < 4.78 is 0. The average Bonchev–Trinajstić information content (AvgIpc) is 2.92. The van der Waals surface area contributed by atoms with Gasteiger partial charge in [-0.3, -0.25) is 4.90 Å². The summed E-state index contributed by atoms with van der Waals surface area (Å²) in [5.41, 5.74) is 0.466. The molecule has 0 aromatic carbocycles. The number of nitrogens with one attached hydrogen (secondary N) is 1. The quantitative estimate of drug-likeness (QED) is 0.855. The van der Waals surface area contributed by atoms with Gasteiger partial charge in [0, 0.05) is 37.8 Å². The summed E-state index contributed by atoms with van der Waals surface area (Å²) in [6.07, 6.45) is 8.54. The minimum absolute atomic E-state index is 0.466. The van der Waals surface area contributed by atoms with Gasteiger partial charge < -0.3 is 10.2 Å². The Hall–Kier alpha value is -0.120. The fraction of sp³-hybridized carbons (Fsp3) is 1.00. The number of hydrogen-bond donors (Lipinski definition) is 1. The van der Waals surface area contributed by atoms with Crippen LogP contribution < -0.4 is 5.32 Å². The molecule has 3 aliphatic rings. The summed E-state index contributed by atoms with van der Waals surface area (Å²) >= 11 is 0. The zero-order valence-electron chi connectivity index (χ0n) is 13.5. The third kappa shape index (κ3) is 3.20. The molecule has 1 N–H and O–H groups in total. The number of rotatable bonds is 3. The largest absolute Gasteiger partial charge is 0.308 e. The second kappa shape index (κ2) is 6.33. The van der Waals surface area contributed by atoms with E-state index >= 15 is 0 Å². The van der Waals surface area contributed by atoms with E-state index in [2.05, 4.69) is 29.0 Å². The minimum Gasteiger partial charge on any atom is -0.308 e. The molecule has 20 heavy (non-hydrogen) atoms. The van der Waals surface area contributed by atoms with Crippen molar-refractivity contribution < 1.29 is 0 Å². The maximum absolute atomic E-state index is 3.91. The normalized spacial score (nSPS) is 35.7. The number of hydrogen-bond acceptors (Lipinski definition) is 3. The molecule has 2 atom stereocenters. The van der Waals surface area contributed by atoms with Crippen LogP contribution in [0.2, 0.25) is 0 Å². The van der Waals surface area contributed by atoms with Gasteiger partial charge >= 0.3 is 0 Å². The molecule has 0 amide bonds. The lowest BCUT2D eigenvalue weighted by molar-refractivity contribution is 0.0520. The Labute approximate surface area is 125 Å². The average molecular weight is 279 g/mol. The molecule has 0 radical (unpaired) electrons. The topological polar surface area (TPSA) is 18.5 Å². The maximum atomic E-state index is 3.91. The van der Waals surface area contributed by atoms with Crippen molar-refractivity contribution in [2.45, 2.75) is 64.0 Å². The highest BCUT2D eigenvalue weighted by Crippen LogP contribution is 2.32. The molecule has 2 aliphatic heterocycles. The monoisotopic (exact) mass is 279 g/mol. The van der Waals surface area contributed by atoms with Gasteiger partial charge in [0.1, 0.15) is 0 Å². The van der Waals surface area contributed by atoms with Crippen molar-refractivity contribution in [2.24, 2.45) is 5.92 Å². The lowest BCUT2D eigenvalue weighted by Crippen LogP contribution is -2.64. The van der Waals surface area contributed by atoms with Gasteiger partial charge in [-0.2, -0.15) is 0 Å². The minimum atomic E-state index is 0.466. The lowest BCUT2D eigenvalue weighted by atomic mass is 9.79. The lowest BCUT2D eigenvalue weighted by Gasteiger charge is -2.49. The maximum Gasteiger partial charge on any atom is 0.0309 e. The zero-order chi connectivity index (χ0) is 14.0. The van der Waals surface area contributed by atoms with Crippen molar-refractivity contribution in [1.82, 2.24) is 15.1 Å². The molecule has 116 valence electrons. The van der Waals surface area contributed by atoms with E-state index in [1.165, 1.54) is 77.8 Å². The van der Waals surface area contributed by atoms with E-state index < -0.39 is 0 Å². The van der Waals surface area contributed by atoms with Gasteiger partial charge in [0.2, 0.25) is 0 Å². The van der Waals surface area contributed by atoms with Crippen LogP contribution in [0.5, 0.6) is 0 Å². The molecule has 3 rings (SSSR count). The molecular formula is C17H33N3. The first kappa shape index (κ1) is 14.8. The van der Waals surface area contributed by atoms with Crippen LogP contribution >= 0.6 is 0 Å². The first-order valence-electron chi connectivity index (χ1n) is 8.92. The summed E-state index contributed by atoms with van der Waals surface area (Å²) in [4.78, 5) is 5.43. The van der Waals surface area contributed by atoms with Gasteiger partial charge in [0.25, 0.3) is 0 Å². The van der Waals surface area contributed by atoms with Crippen LogP contribution in [-0.4, -0.2) is 60.6 Å². The van der Waals surface area contributed by atoms with Crippen LogP contribution in [0.4, 0.5) is 0 Å². The number of nitrogens with zero attached hydrogens (tertiary/aromatic N) is 2. The van der Waals surface area contributed by atoms with E-state index in [1.807, 2.05) is 0 Å². The Morgan fingerprint density at radius 1 is 1.20 bits per heavy atom. The van der Waals surface area contributed by atoms with Gasteiger partial charge in [-0.15, -0.1) is 0 Å². The van der Waals surface area contributed by atoms with Gasteiger partial charge in [-0.25, -0.2) is 0 Å². The first-order valence-corrected chi connectivity index (χ1v) is 8.92. The standard InChI is InChI=1S/C17H33N3/c1-3-19-10-7-16(12-19)13-20-14-17(18-11-15(20)2)8-5-4-6-9-17/h15-16,18H,3-14H2,1-2H3. The van der Waals surface area contributed by atoms with E-state index in [-0.39, 0.29) is 0 Å². The zero-order valence-corrected chi connectivity index (χ0v) is 13.5. The van der Waals surface area contributed by atoms with Gasteiger partial charge in [-0.05, 0) is 45.2 Å². The Morgan fingerprint density at radius 3 is 2.70 bits per heavy atom. The van der Waals surface area contributed by atoms with Gasteiger partial charge in [0.15, 0.2) is 0 Å². The SMILES string of the molecule is CCN1CCC(CN2CC3(CCCCC3)NCC2C)C1. The summed E-state index contributed by atoms with van der Waals surface area (Å²) in [6.45, 7) is 12.4. The highest BCUT2D eigenvalue weighted by Gasteiger charge is 2.39. The molecule has 1 aliphatic carbocycles. The van der Waals surface area contributed by atoms with Crippen molar-refractivity contribution in [2.75, 3.05) is 39.3 Å². The third-order valence-corrected chi connectivity index (χ3v) is 6.02. The van der Waals surface area contributed by atoms with E-state index in [4.69, 9.17) is 0 Å². The fourth-order valence-electron chi connectivity index (χ4n) is 4.58. The smallest absolute Gasteiger partial charge is 0.0309 e. The van der Waals surface area contributed by atoms with E-state index in [9.17, 15) is 0 Å². The predicted octanol–water partition coefficient (Wildman–Crippen LogP) is 2.32. The Kier molecular flexibility index (Phi) is 4.68. The van der Waals surface area contributed by atoms with Crippen molar-refractivity contribution in [3.05, 3.63) is 0 Å². The molecule has 1 spiro atoms. The second-order valence-electron chi connectivity index (χ2n) is 7.55. The van der Waals surface area contributed by atoms with Gasteiger partial charge in [-0.1, -0.05) is 26.2 Å². The van der Waals surface area contributed by atoms with Crippen molar-refractivity contribution in [3.63, 3.8) is 0 Å². The van der Waals surface area contributed by atoms with Crippen LogP contribution in [0.3, 0.4) is 0 Å². The molecule has 2 saturated heterocycles. The third-order valence-electron chi connectivity index (χ3n) is 6.02. The van der Waals surface area contributed by atoms with E-state index in [0.717, 1.165) is 12.0 Å². The Morgan fingerprint density at radius 2 is 2.00 bits per heavy atom. The molecule has 0 aromatic heterocycles. The number of piperazine rings is 1. The summed E-state index contributed by atoms with van der Waals surface area (Å²) in [5, 5.41) is 3.91. The van der Waals surface area contributed by atoms with Crippen LogP contribution in [-0.2, 0) is 0 Å². The van der Waals surface area contributed by atoms with Crippen LogP contribution in [0, 0.1) is 5.92 Å². The molecule has 0 bridgehead atoms. The molecule has 2 heterocycles. The summed E-state index contributed by atoms with van der Waals surface area (Å²) in [7, 11) is 0. The van der Waals surface area contributed by atoms with Crippen LogP contribution in [0.1, 0.15) is 52.4 Å². The molecule has 3 nitrogen and oxygen atoms in total. The van der Waals surface area contributed by atoms with Crippen molar-refractivity contribution in [1.29, 1.82) is 0 Å². The molecule has 2 unspecified atom stereocenters. The van der Waals surface area contributed by atoms with Crippen LogP contribution in [0.25, 0.3) is 0 Å². The Bertz CT molecular complexity index is 311. The molecule has 3 heteroatoms. The highest BCUT2D eigenvalue weighted by molar-refractivity contribution is 4.99. The predicted molar refractivity (Wildman–Crippen MR) is 85.1 cm³/mol. The van der Waals surface area contributed by atoms with Crippen LogP contribution in [0.15, 0.2) is 0 Å². The molecule has 1 saturated carbocycles. The number of likely N-dealkylation sites (tertiary alicyclic amines) is 1. The van der Waals surface area contributed by atoms with Crippen molar-refractivity contribution in [3.8, 4) is 0 Å². The highest BCUT2D eigenvalue weighted by atomic mass is 15.3. The molecule has 3 fully saturated rings. The Balaban J connectivity index is 1.57. The van der Waals surface area contributed by atoms with Gasteiger partial charge in [0.05, 0.1) is 0 Å². The van der Waals surface area contributed by atoms with Crippen molar-refractivity contribution >= 4 is 0 Å². The molecule has 0 aromatic rings.